The second-order valence-corrected chi connectivity index (χ2v) is 7.94. The fourth-order valence-corrected chi connectivity index (χ4v) is 4.33. The van der Waals surface area contributed by atoms with Gasteiger partial charge in [0.05, 0.1) is 24.0 Å². The zero-order chi connectivity index (χ0) is 22.9. The van der Waals surface area contributed by atoms with Crippen molar-refractivity contribution in [1.29, 1.82) is 0 Å². The molecule has 1 amide bonds. The van der Waals surface area contributed by atoms with Gasteiger partial charge in [-0.05, 0) is 60.5 Å². The summed E-state index contributed by atoms with van der Waals surface area (Å²) in [5, 5.41) is 2.20. The molecule has 2 heterocycles. The van der Waals surface area contributed by atoms with E-state index in [1.165, 1.54) is 0 Å². The molecule has 0 atom stereocenters. The van der Waals surface area contributed by atoms with Crippen LogP contribution in [0, 0.1) is 6.92 Å². The zero-order valence-corrected chi connectivity index (χ0v) is 18.1. The van der Waals surface area contributed by atoms with Gasteiger partial charge in [0.1, 0.15) is 0 Å². The van der Waals surface area contributed by atoms with Crippen molar-refractivity contribution in [2.24, 2.45) is 5.73 Å². The van der Waals surface area contributed by atoms with E-state index in [0.29, 0.717) is 25.1 Å². The van der Waals surface area contributed by atoms with E-state index in [1.807, 2.05) is 29.8 Å². The summed E-state index contributed by atoms with van der Waals surface area (Å²) in [7, 11) is 0. The van der Waals surface area contributed by atoms with Crippen LogP contribution in [0.5, 0.6) is 0 Å². The first-order valence-corrected chi connectivity index (χ1v) is 10.6. The van der Waals surface area contributed by atoms with Crippen LogP contribution >= 0.6 is 0 Å². The van der Waals surface area contributed by atoms with Crippen molar-refractivity contribution in [3.8, 4) is 11.4 Å². The molecule has 164 valence electrons. The Bertz CT molecular complexity index is 1500. The number of primary amides is 1. The maximum Gasteiger partial charge on any atom is 0.293 e. The third-order valence-corrected chi connectivity index (χ3v) is 5.92. The summed E-state index contributed by atoms with van der Waals surface area (Å²) in [5.41, 5.74) is 12.0. The number of rotatable bonds is 7. The lowest BCUT2D eigenvalue weighted by atomic mass is 10.1. The summed E-state index contributed by atoms with van der Waals surface area (Å²) in [4.78, 5) is 26.4. The third kappa shape index (κ3) is 3.63. The van der Waals surface area contributed by atoms with E-state index in [2.05, 4.69) is 45.9 Å². The van der Waals surface area contributed by atoms with Crippen molar-refractivity contribution in [3.05, 3.63) is 90.0 Å². The maximum absolute atomic E-state index is 11.7. The van der Waals surface area contributed by atoms with Crippen molar-refractivity contribution in [3.63, 3.8) is 0 Å². The Morgan fingerprint density at radius 1 is 1.06 bits per heavy atom. The fourth-order valence-electron chi connectivity index (χ4n) is 4.33. The summed E-state index contributed by atoms with van der Waals surface area (Å²) in [6.07, 6.45) is 6.07. The highest BCUT2D eigenvalue weighted by atomic mass is 16.5. The van der Waals surface area contributed by atoms with Gasteiger partial charge in [-0.25, -0.2) is 4.98 Å². The number of fused-ring (bicyclic) bond motifs is 3. The van der Waals surface area contributed by atoms with Crippen LogP contribution in [-0.2, 0) is 16.0 Å². The number of amides is 1. The molecule has 0 fully saturated rings. The highest BCUT2D eigenvalue weighted by molar-refractivity contribution is 6.10. The molecule has 7 heteroatoms. The Hall–Kier alpha value is -4.39. The molecule has 2 aromatic heterocycles. The van der Waals surface area contributed by atoms with Gasteiger partial charge >= 0.3 is 0 Å². The van der Waals surface area contributed by atoms with Gasteiger partial charge in [0.15, 0.2) is 0 Å². The summed E-state index contributed by atoms with van der Waals surface area (Å²) in [5.74, 6) is -0.450. The van der Waals surface area contributed by atoms with Gasteiger partial charge < -0.3 is 19.6 Å². The SMILES string of the molecule is Cc1cc(C(N)=O)ccc1-n1c2ccc(-n3ccnc3)cc2c2ccc(CCOC=O)cc21. The first-order chi connectivity index (χ1) is 16.1. The minimum atomic E-state index is -0.450. The number of hydrogen-bond acceptors (Lipinski definition) is 4. The minimum Gasteiger partial charge on any atom is -0.468 e. The number of imidazole rings is 1. The smallest absolute Gasteiger partial charge is 0.293 e. The standard InChI is InChI=1S/C26H22N4O3/c1-17-12-19(26(27)32)3-6-23(17)30-24-7-4-20(29-10-9-28-15-29)14-22(24)21-5-2-18(13-25(21)30)8-11-33-16-31/h2-7,9-10,12-16H,8,11H2,1H3,(H2,27,32). The van der Waals surface area contributed by atoms with Crippen LogP contribution in [0.25, 0.3) is 33.2 Å². The molecule has 7 nitrogen and oxygen atoms in total. The van der Waals surface area contributed by atoms with Gasteiger partial charge in [0.2, 0.25) is 5.91 Å². The van der Waals surface area contributed by atoms with Crippen LogP contribution < -0.4 is 5.73 Å². The highest BCUT2D eigenvalue weighted by Gasteiger charge is 2.16. The van der Waals surface area contributed by atoms with Crippen LogP contribution in [0.2, 0.25) is 0 Å². The Morgan fingerprint density at radius 2 is 1.94 bits per heavy atom. The second-order valence-electron chi connectivity index (χ2n) is 7.94. The van der Waals surface area contributed by atoms with Crippen LogP contribution in [0.1, 0.15) is 21.5 Å². The number of carbonyl (C=O) groups excluding carboxylic acids is 2. The van der Waals surface area contributed by atoms with E-state index in [-0.39, 0.29) is 0 Å². The first-order valence-electron chi connectivity index (χ1n) is 10.6. The van der Waals surface area contributed by atoms with Gasteiger partial charge in [-0.2, -0.15) is 0 Å². The number of aromatic nitrogens is 3. The number of aryl methyl sites for hydroxylation is 1. The average Bonchev–Trinajstić information content (AvgIpc) is 3.45. The van der Waals surface area contributed by atoms with Crippen molar-refractivity contribution in [2.75, 3.05) is 6.61 Å². The molecule has 2 N–H and O–H groups in total. The van der Waals surface area contributed by atoms with E-state index in [9.17, 15) is 9.59 Å². The lowest BCUT2D eigenvalue weighted by Gasteiger charge is -2.13. The third-order valence-electron chi connectivity index (χ3n) is 5.92. The summed E-state index contributed by atoms with van der Waals surface area (Å²) in [6.45, 7) is 2.77. The van der Waals surface area contributed by atoms with E-state index in [1.54, 1.807) is 18.6 Å². The Labute approximate surface area is 190 Å². The van der Waals surface area contributed by atoms with Gasteiger partial charge in [-0.3, -0.25) is 9.59 Å². The number of nitrogens with zero attached hydrogens (tertiary/aromatic N) is 3. The summed E-state index contributed by atoms with van der Waals surface area (Å²) in [6, 6.07) is 18.1. The van der Waals surface area contributed by atoms with Crippen molar-refractivity contribution >= 4 is 34.2 Å². The molecule has 0 spiro atoms. The predicted octanol–water partition coefficient (Wildman–Crippen LogP) is 4.09. The molecule has 0 aliphatic heterocycles. The molecule has 0 saturated carbocycles. The van der Waals surface area contributed by atoms with Crippen molar-refractivity contribution in [1.82, 2.24) is 14.1 Å². The normalized spacial score (nSPS) is 11.2. The fraction of sp³-hybridized carbons (Fsp3) is 0.115. The number of carbonyl (C=O) groups is 2. The largest absolute Gasteiger partial charge is 0.468 e. The van der Waals surface area contributed by atoms with Gasteiger partial charge in [0.25, 0.3) is 6.47 Å². The summed E-state index contributed by atoms with van der Waals surface area (Å²) >= 11 is 0. The molecular formula is C26H22N4O3. The van der Waals surface area contributed by atoms with E-state index < -0.39 is 5.91 Å². The van der Waals surface area contributed by atoms with Crippen LogP contribution in [0.3, 0.4) is 0 Å². The Kier molecular flexibility index (Phi) is 5.14. The van der Waals surface area contributed by atoms with E-state index >= 15 is 0 Å². The Balaban J connectivity index is 1.76. The van der Waals surface area contributed by atoms with Crippen molar-refractivity contribution in [2.45, 2.75) is 13.3 Å². The topological polar surface area (TPSA) is 92.1 Å². The molecule has 0 saturated heterocycles. The lowest BCUT2D eigenvalue weighted by Crippen LogP contribution is -2.11. The van der Waals surface area contributed by atoms with E-state index in [0.717, 1.165) is 44.3 Å². The molecule has 0 aliphatic rings. The summed E-state index contributed by atoms with van der Waals surface area (Å²) < 4.78 is 9.07. The van der Waals surface area contributed by atoms with Crippen LogP contribution in [0.4, 0.5) is 0 Å². The Morgan fingerprint density at radius 3 is 2.67 bits per heavy atom. The molecule has 0 radical (unpaired) electrons. The van der Waals surface area contributed by atoms with Gasteiger partial charge in [0, 0.05) is 46.5 Å². The first kappa shape index (κ1) is 20.5. The van der Waals surface area contributed by atoms with Crippen LogP contribution in [-0.4, -0.2) is 33.1 Å². The molecule has 5 aromatic rings. The van der Waals surface area contributed by atoms with Gasteiger partial charge in [-0.1, -0.05) is 12.1 Å². The minimum absolute atomic E-state index is 0.326. The molecule has 3 aromatic carbocycles. The monoisotopic (exact) mass is 438 g/mol. The van der Waals surface area contributed by atoms with Gasteiger partial charge in [-0.15, -0.1) is 0 Å². The number of benzene rings is 3. The molecule has 0 unspecified atom stereocenters. The van der Waals surface area contributed by atoms with Crippen LogP contribution in [0.15, 0.2) is 73.3 Å². The number of hydrogen-bond donors (Lipinski definition) is 1. The molecule has 0 aliphatic carbocycles. The average molecular weight is 438 g/mol. The van der Waals surface area contributed by atoms with Crippen molar-refractivity contribution < 1.29 is 14.3 Å². The molecular weight excluding hydrogens is 416 g/mol. The number of ether oxygens (including phenoxy) is 1. The maximum atomic E-state index is 11.7. The zero-order valence-electron chi connectivity index (χ0n) is 18.1. The highest BCUT2D eigenvalue weighted by Crippen LogP contribution is 2.35. The molecule has 33 heavy (non-hydrogen) atoms. The second kappa shape index (κ2) is 8.27. The predicted molar refractivity (Wildman–Crippen MR) is 127 cm³/mol. The lowest BCUT2D eigenvalue weighted by molar-refractivity contribution is -0.128. The molecule has 5 rings (SSSR count). The quantitative estimate of drug-likeness (QED) is 0.306. The molecule has 0 bridgehead atoms. The van der Waals surface area contributed by atoms with E-state index in [4.69, 9.17) is 10.5 Å². The number of nitrogens with two attached hydrogens (primary N) is 1.